The summed E-state index contributed by atoms with van der Waals surface area (Å²) in [5.41, 5.74) is 4.20. The van der Waals surface area contributed by atoms with Gasteiger partial charge < -0.3 is 9.80 Å². The molecule has 0 unspecified atom stereocenters. The normalized spacial score (nSPS) is 15.5. The minimum Gasteiger partial charge on any atom is -0.359 e. The van der Waals surface area contributed by atoms with E-state index in [9.17, 15) is 4.79 Å². The second-order valence-electron chi connectivity index (χ2n) is 7.39. The number of hydrogen-bond donors (Lipinski definition) is 1. The van der Waals surface area contributed by atoms with Crippen LogP contribution in [0.3, 0.4) is 0 Å². The van der Waals surface area contributed by atoms with E-state index in [4.69, 9.17) is 0 Å². The molecular formula is C21H26N6OS. The molecule has 1 N–H and O–H groups in total. The third kappa shape index (κ3) is 4.72. The van der Waals surface area contributed by atoms with Crippen molar-refractivity contribution >= 4 is 33.3 Å². The van der Waals surface area contributed by atoms with Crippen molar-refractivity contribution in [3.63, 3.8) is 0 Å². The third-order valence-corrected chi connectivity index (χ3v) is 6.28. The van der Waals surface area contributed by atoms with Crippen molar-refractivity contribution in [2.45, 2.75) is 6.42 Å². The Bertz CT molecular complexity index is 968. The van der Waals surface area contributed by atoms with Crippen LogP contribution in [0.15, 0.2) is 42.7 Å². The SMILES string of the molecule is CN1CCN(NC(=O)CCN(C)c2ncnc3sc(-c4ccccc4)cc23)CC1. The molecule has 8 heteroatoms. The molecule has 0 spiro atoms. The van der Waals surface area contributed by atoms with Crippen LogP contribution < -0.4 is 10.3 Å². The van der Waals surface area contributed by atoms with E-state index in [1.54, 1.807) is 17.7 Å². The Balaban J connectivity index is 1.41. The molecule has 29 heavy (non-hydrogen) atoms. The molecule has 1 aromatic carbocycles. The van der Waals surface area contributed by atoms with E-state index in [0.29, 0.717) is 13.0 Å². The van der Waals surface area contributed by atoms with E-state index in [1.807, 2.05) is 35.2 Å². The average Bonchev–Trinajstić information content (AvgIpc) is 3.19. The number of nitrogens with zero attached hydrogens (tertiary/aromatic N) is 5. The van der Waals surface area contributed by atoms with Crippen molar-refractivity contribution in [3.05, 3.63) is 42.7 Å². The molecule has 0 bridgehead atoms. The van der Waals surface area contributed by atoms with E-state index in [1.165, 1.54) is 10.4 Å². The molecule has 0 saturated carbocycles. The maximum absolute atomic E-state index is 12.4. The molecule has 3 heterocycles. The second-order valence-corrected chi connectivity index (χ2v) is 8.42. The van der Waals surface area contributed by atoms with Crippen LogP contribution in [0.25, 0.3) is 20.7 Å². The predicted molar refractivity (Wildman–Crippen MR) is 118 cm³/mol. The lowest BCUT2D eigenvalue weighted by Crippen LogP contribution is -2.52. The fourth-order valence-electron chi connectivity index (χ4n) is 3.42. The van der Waals surface area contributed by atoms with Crippen LogP contribution in [-0.4, -0.2) is 72.6 Å². The summed E-state index contributed by atoms with van der Waals surface area (Å²) in [6.45, 7) is 4.27. The van der Waals surface area contributed by atoms with Crippen LogP contribution in [0.5, 0.6) is 0 Å². The Morgan fingerprint density at radius 1 is 1.17 bits per heavy atom. The van der Waals surface area contributed by atoms with Crippen molar-refractivity contribution in [2.75, 3.05) is 51.7 Å². The summed E-state index contributed by atoms with van der Waals surface area (Å²) in [7, 11) is 4.08. The number of hydrazine groups is 1. The lowest BCUT2D eigenvalue weighted by Gasteiger charge is -2.32. The van der Waals surface area contributed by atoms with E-state index in [0.717, 1.165) is 42.2 Å². The lowest BCUT2D eigenvalue weighted by molar-refractivity contribution is -0.126. The number of benzene rings is 1. The number of piperazine rings is 1. The highest BCUT2D eigenvalue weighted by molar-refractivity contribution is 7.21. The number of anilines is 1. The Hall–Kier alpha value is -2.55. The van der Waals surface area contributed by atoms with Gasteiger partial charge in [-0.15, -0.1) is 11.3 Å². The molecule has 1 aliphatic heterocycles. The van der Waals surface area contributed by atoms with Gasteiger partial charge >= 0.3 is 0 Å². The van der Waals surface area contributed by atoms with Crippen molar-refractivity contribution in [1.82, 2.24) is 25.3 Å². The summed E-state index contributed by atoms with van der Waals surface area (Å²) in [6, 6.07) is 12.4. The van der Waals surface area contributed by atoms with Gasteiger partial charge in [-0.2, -0.15) is 0 Å². The number of hydrogen-bond acceptors (Lipinski definition) is 7. The number of likely N-dealkylation sites (N-methyl/N-ethyl adjacent to an activating group) is 1. The first kappa shape index (κ1) is 19.8. The highest BCUT2D eigenvalue weighted by Gasteiger charge is 2.17. The van der Waals surface area contributed by atoms with Gasteiger partial charge in [-0.3, -0.25) is 10.2 Å². The molecule has 0 radical (unpaired) electrons. The summed E-state index contributed by atoms with van der Waals surface area (Å²) in [6.07, 6.45) is 2.02. The Kier molecular flexibility index (Phi) is 6.03. The van der Waals surface area contributed by atoms with Crippen LogP contribution in [0.4, 0.5) is 5.82 Å². The minimum absolute atomic E-state index is 0.0435. The first-order chi connectivity index (χ1) is 14.1. The average molecular weight is 411 g/mol. The quantitative estimate of drug-likeness (QED) is 0.674. The van der Waals surface area contributed by atoms with Crippen molar-refractivity contribution in [2.24, 2.45) is 0 Å². The van der Waals surface area contributed by atoms with Gasteiger partial charge in [0.15, 0.2) is 0 Å². The number of carbonyl (C=O) groups excluding carboxylic acids is 1. The van der Waals surface area contributed by atoms with Crippen LogP contribution >= 0.6 is 11.3 Å². The van der Waals surface area contributed by atoms with Gasteiger partial charge in [0.25, 0.3) is 0 Å². The fourth-order valence-corrected chi connectivity index (χ4v) is 4.42. The maximum Gasteiger partial charge on any atom is 0.236 e. The number of aromatic nitrogens is 2. The number of carbonyl (C=O) groups is 1. The zero-order chi connectivity index (χ0) is 20.2. The summed E-state index contributed by atoms with van der Waals surface area (Å²) in [4.78, 5) is 27.7. The standard InChI is InChI=1S/C21H26N6OS/c1-25-10-12-27(13-11-25)24-19(28)8-9-26(2)20-17-14-18(16-6-4-3-5-7-16)29-21(17)23-15-22-20/h3-7,14-15H,8-13H2,1-2H3,(H,24,28). The number of rotatable bonds is 6. The van der Waals surface area contributed by atoms with Gasteiger partial charge in [-0.1, -0.05) is 30.3 Å². The lowest BCUT2D eigenvalue weighted by atomic mass is 10.2. The van der Waals surface area contributed by atoms with E-state index < -0.39 is 0 Å². The molecule has 0 aliphatic carbocycles. The predicted octanol–water partition coefficient (Wildman–Crippen LogP) is 2.46. The third-order valence-electron chi connectivity index (χ3n) is 5.19. The van der Waals surface area contributed by atoms with Crippen molar-refractivity contribution in [1.29, 1.82) is 0 Å². The fraction of sp³-hybridized carbons (Fsp3) is 0.381. The Labute approximate surface area is 174 Å². The molecule has 4 rings (SSSR count). The highest BCUT2D eigenvalue weighted by atomic mass is 32.1. The van der Waals surface area contributed by atoms with Crippen LogP contribution in [0.2, 0.25) is 0 Å². The molecule has 2 aromatic heterocycles. The van der Waals surface area contributed by atoms with Gasteiger partial charge in [-0.05, 0) is 18.7 Å². The molecule has 1 amide bonds. The number of fused-ring (bicyclic) bond motifs is 1. The first-order valence-corrected chi connectivity index (χ1v) is 10.7. The molecule has 1 fully saturated rings. The molecule has 1 aliphatic rings. The molecular weight excluding hydrogens is 384 g/mol. The van der Waals surface area contributed by atoms with E-state index in [2.05, 4.69) is 45.5 Å². The summed E-state index contributed by atoms with van der Waals surface area (Å²) < 4.78 is 0. The van der Waals surface area contributed by atoms with Crippen LogP contribution in [-0.2, 0) is 4.79 Å². The first-order valence-electron chi connectivity index (χ1n) is 9.84. The van der Waals surface area contributed by atoms with Gasteiger partial charge in [-0.25, -0.2) is 15.0 Å². The Morgan fingerprint density at radius 2 is 1.93 bits per heavy atom. The van der Waals surface area contributed by atoms with Gasteiger partial charge in [0.05, 0.1) is 5.39 Å². The van der Waals surface area contributed by atoms with Gasteiger partial charge in [0.1, 0.15) is 17.0 Å². The van der Waals surface area contributed by atoms with Gasteiger partial charge in [0.2, 0.25) is 5.91 Å². The minimum atomic E-state index is 0.0435. The van der Waals surface area contributed by atoms with E-state index >= 15 is 0 Å². The number of thiophene rings is 1. The van der Waals surface area contributed by atoms with Gasteiger partial charge in [0, 0.05) is 51.1 Å². The van der Waals surface area contributed by atoms with E-state index in [-0.39, 0.29) is 5.91 Å². The zero-order valence-corrected chi connectivity index (χ0v) is 17.7. The monoisotopic (exact) mass is 410 g/mol. The topological polar surface area (TPSA) is 64.6 Å². The van der Waals surface area contributed by atoms with Crippen LogP contribution in [0.1, 0.15) is 6.42 Å². The summed E-state index contributed by atoms with van der Waals surface area (Å²) >= 11 is 1.66. The summed E-state index contributed by atoms with van der Waals surface area (Å²) in [5, 5.41) is 3.04. The molecule has 0 atom stereocenters. The number of nitrogens with one attached hydrogen (secondary N) is 1. The smallest absolute Gasteiger partial charge is 0.236 e. The highest BCUT2D eigenvalue weighted by Crippen LogP contribution is 2.35. The molecule has 7 nitrogen and oxygen atoms in total. The van der Waals surface area contributed by atoms with Crippen molar-refractivity contribution < 1.29 is 4.79 Å². The second kappa shape index (κ2) is 8.86. The zero-order valence-electron chi connectivity index (χ0n) is 16.8. The summed E-state index contributed by atoms with van der Waals surface area (Å²) in [5.74, 6) is 0.905. The largest absolute Gasteiger partial charge is 0.359 e. The number of amides is 1. The van der Waals surface area contributed by atoms with Crippen molar-refractivity contribution in [3.8, 4) is 10.4 Å². The molecule has 152 valence electrons. The maximum atomic E-state index is 12.4. The molecule has 3 aromatic rings. The molecule has 1 saturated heterocycles. The Morgan fingerprint density at radius 3 is 2.69 bits per heavy atom. The van der Waals surface area contributed by atoms with Crippen LogP contribution in [0, 0.1) is 0 Å².